The first-order chi connectivity index (χ1) is 16.6. The van der Waals surface area contributed by atoms with Crippen molar-refractivity contribution in [2.45, 2.75) is 110 Å². The van der Waals surface area contributed by atoms with Gasteiger partial charge >= 0.3 is 0 Å². The topological polar surface area (TPSA) is 22.1 Å². The number of hydrogen-bond donors (Lipinski definition) is 0. The highest BCUT2D eigenvalue weighted by atomic mass is 19.1. The van der Waals surface area contributed by atoms with Crippen molar-refractivity contribution in [1.82, 2.24) is 4.98 Å². The van der Waals surface area contributed by atoms with E-state index in [4.69, 9.17) is 4.74 Å². The van der Waals surface area contributed by atoms with Crippen molar-refractivity contribution in [3.63, 3.8) is 0 Å². The van der Waals surface area contributed by atoms with E-state index >= 15 is 0 Å². The molecule has 188 valence electrons. The lowest BCUT2D eigenvalue weighted by atomic mass is 9.77. The molecule has 3 rings (SSSR count). The Hall–Kier alpha value is -1.90. The number of ether oxygens (including phenoxy) is 1. The molecular formula is C31H46FNO. The van der Waals surface area contributed by atoms with Gasteiger partial charge in [-0.2, -0.15) is 0 Å². The second-order valence-electron chi connectivity index (χ2n) is 10.5. The summed E-state index contributed by atoms with van der Waals surface area (Å²) in [7, 11) is 0. The van der Waals surface area contributed by atoms with E-state index in [-0.39, 0.29) is 12.5 Å². The SMILES string of the molecule is CCCCCCCCC1CCC(c2ccc(-c3ccc(OC[C@@H](F)[C@@H](C)CC)cn3)cc2)CC1. The maximum absolute atomic E-state index is 14.0. The van der Waals surface area contributed by atoms with Gasteiger partial charge in [0.25, 0.3) is 0 Å². The van der Waals surface area contributed by atoms with E-state index in [0.717, 1.165) is 23.6 Å². The molecule has 34 heavy (non-hydrogen) atoms. The number of pyridine rings is 1. The molecule has 2 aromatic rings. The summed E-state index contributed by atoms with van der Waals surface area (Å²) in [4.78, 5) is 4.55. The van der Waals surface area contributed by atoms with E-state index in [1.165, 1.54) is 76.2 Å². The zero-order valence-corrected chi connectivity index (χ0v) is 21.8. The minimum absolute atomic E-state index is 0.0149. The molecule has 0 unspecified atom stereocenters. The van der Waals surface area contributed by atoms with Crippen molar-refractivity contribution in [2.24, 2.45) is 11.8 Å². The molecule has 0 spiro atoms. The lowest BCUT2D eigenvalue weighted by Crippen LogP contribution is -2.20. The van der Waals surface area contributed by atoms with Gasteiger partial charge in [-0.05, 0) is 61.1 Å². The second-order valence-corrected chi connectivity index (χ2v) is 10.5. The average molecular weight is 468 g/mol. The molecule has 1 saturated carbocycles. The minimum Gasteiger partial charge on any atom is -0.489 e. The van der Waals surface area contributed by atoms with E-state index in [0.29, 0.717) is 11.7 Å². The van der Waals surface area contributed by atoms with Gasteiger partial charge in [0.1, 0.15) is 18.5 Å². The lowest BCUT2D eigenvalue weighted by molar-refractivity contribution is 0.145. The van der Waals surface area contributed by atoms with Crippen molar-refractivity contribution in [3.05, 3.63) is 48.2 Å². The Morgan fingerprint density at radius 2 is 1.62 bits per heavy atom. The molecule has 1 aromatic heterocycles. The van der Waals surface area contributed by atoms with Gasteiger partial charge in [-0.15, -0.1) is 0 Å². The smallest absolute Gasteiger partial charge is 0.137 e. The molecule has 1 fully saturated rings. The van der Waals surface area contributed by atoms with E-state index in [1.54, 1.807) is 6.20 Å². The van der Waals surface area contributed by atoms with Crippen LogP contribution in [-0.2, 0) is 0 Å². The standard InChI is InChI=1S/C31H46FNO/c1-4-6-7-8-9-10-11-25-12-14-26(15-13-25)27-16-18-28(19-17-27)31-21-20-29(22-33-31)34-23-30(32)24(3)5-2/h16-22,24-26,30H,4-15,23H2,1-3H3/t24-,25?,26?,30+/m0/s1. The third kappa shape index (κ3) is 8.40. The van der Waals surface area contributed by atoms with E-state index < -0.39 is 6.17 Å². The van der Waals surface area contributed by atoms with Crippen LogP contribution in [0.2, 0.25) is 0 Å². The lowest BCUT2D eigenvalue weighted by Gasteiger charge is -2.29. The van der Waals surface area contributed by atoms with Gasteiger partial charge in [0, 0.05) is 5.56 Å². The quantitative estimate of drug-likeness (QED) is 0.258. The van der Waals surface area contributed by atoms with Gasteiger partial charge in [-0.1, -0.05) is 96.4 Å². The van der Waals surface area contributed by atoms with Gasteiger partial charge in [-0.25, -0.2) is 4.39 Å². The number of alkyl halides is 1. The third-order valence-electron chi connectivity index (χ3n) is 7.90. The van der Waals surface area contributed by atoms with Crippen LogP contribution < -0.4 is 4.74 Å². The highest BCUT2D eigenvalue weighted by Gasteiger charge is 2.22. The number of hydrogen-bond acceptors (Lipinski definition) is 2. The summed E-state index contributed by atoms with van der Waals surface area (Å²) >= 11 is 0. The number of rotatable bonds is 14. The first-order valence-electron chi connectivity index (χ1n) is 13.9. The number of nitrogens with zero attached hydrogens (tertiary/aromatic N) is 1. The van der Waals surface area contributed by atoms with Crippen molar-refractivity contribution in [2.75, 3.05) is 6.61 Å². The van der Waals surface area contributed by atoms with Crippen LogP contribution in [0.5, 0.6) is 5.75 Å². The van der Waals surface area contributed by atoms with Crippen LogP contribution in [-0.4, -0.2) is 17.8 Å². The van der Waals surface area contributed by atoms with Gasteiger partial charge in [0.2, 0.25) is 0 Å². The van der Waals surface area contributed by atoms with Crippen molar-refractivity contribution >= 4 is 0 Å². The average Bonchev–Trinajstić information content (AvgIpc) is 2.89. The van der Waals surface area contributed by atoms with E-state index in [2.05, 4.69) is 36.2 Å². The number of aromatic nitrogens is 1. The van der Waals surface area contributed by atoms with Crippen molar-refractivity contribution in [1.29, 1.82) is 0 Å². The zero-order valence-electron chi connectivity index (χ0n) is 21.8. The largest absolute Gasteiger partial charge is 0.489 e. The van der Waals surface area contributed by atoms with E-state index in [9.17, 15) is 4.39 Å². The molecule has 0 radical (unpaired) electrons. The predicted molar refractivity (Wildman–Crippen MR) is 142 cm³/mol. The highest BCUT2D eigenvalue weighted by molar-refractivity contribution is 5.60. The van der Waals surface area contributed by atoms with Crippen LogP contribution >= 0.6 is 0 Å². The van der Waals surface area contributed by atoms with Gasteiger partial charge < -0.3 is 4.74 Å². The summed E-state index contributed by atoms with van der Waals surface area (Å²) in [6.45, 7) is 6.30. The predicted octanol–water partition coefficient (Wildman–Crippen LogP) is 9.54. The summed E-state index contributed by atoms with van der Waals surface area (Å²) in [5.74, 6) is 2.30. The Kier molecular flexibility index (Phi) is 11.4. The van der Waals surface area contributed by atoms with Gasteiger partial charge in [-0.3, -0.25) is 4.98 Å². The number of unbranched alkanes of at least 4 members (excludes halogenated alkanes) is 5. The molecule has 3 heteroatoms. The molecular weight excluding hydrogens is 421 g/mol. The summed E-state index contributed by atoms with van der Waals surface area (Å²) in [6, 6.07) is 12.8. The summed E-state index contributed by atoms with van der Waals surface area (Å²) < 4.78 is 19.6. The molecule has 1 heterocycles. The Labute approximate surface area is 207 Å². The fourth-order valence-corrected chi connectivity index (χ4v) is 5.16. The third-order valence-corrected chi connectivity index (χ3v) is 7.90. The monoisotopic (exact) mass is 467 g/mol. The molecule has 1 aliphatic rings. The maximum atomic E-state index is 14.0. The van der Waals surface area contributed by atoms with Crippen LogP contribution in [0.25, 0.3) is 11.3 Å². The number of halogens is 1. The molecule has 0 bridgehead atoms. The summed E-state index contributed by atoms with van der Waals surface area (Å²) in [5.41, 5.74) is 3.52. The molecule has 0 N–H and O–H groups in total. The maximum Gasteiger partial charge on any atom is 0.137 e. The molecule has 1 aliphatic carbocycles. The molecule has 2 atom stereocenters. The van der Waals surface area contributed by atoms with Crippen LogP contribution in [0.3, 0.4) is 0 Å². The van der Waals surface area contributed by atoms with Crippen LogP contribution in [0, 0.1) is 11.8 Å². The summed E-state index contributed by atoms with van der Waals surface area (Å²) in [6.07, 6.45) is 16.9. The van der Waals surface area contributed by atoms with Crippen LogP contribution in [0.15, 0.2) is 42.6 Å². The molecule has 2 nitrogen and oxygen atoms in total. The first-order valence-corrected chi connectivity index (χ1v) is 13.9. The Morgan fingerprint density at radius 3 is 2.26 bits per heavy atom. The Balaban J connectivity index is 1.42. The van der Waals surface area contributed by atoms with Gasteiger partial charge in [0.05, 0.1) is 11.9 Å². The fourth-order valence-electron chi connectivity index (χ4n) is 5.16. The Bertz CT molecular complexity index is 795. The van der Waals surface area contributed by atoms with E-state index in [1.807, 2.05) is 26.0 Å². The first kappa shape index (κ1) is 26.7. The fraction of sp³-hybridized carbons (Fsp3) is 0.645. The summed E-state index contributed by atoms with van der Waals surface area (Å²) in [5, 5.41) is 0. The molecule has 0 amide bonds. The number of benzene rings is 1. The Morgan fingerprint density at radius 1 is 0.912 bits per heavy atom. The second kappa shape index (κ2) is 14.5. The van der Waals surface area contributed by atoms with Crippen molar-refractivity contribution in [3.8, 4) is 17.0 Å². The zero-order chi connectivity index (χ0) is 24.2. The highest BCUT2D eigenvalue weighted by Crippen LogP contribution is 2.38. The van der Waals surface area contributed by atoms with Crippen molar-refractivity contribution < 1.29 is 9.13 Å². The van der Waals surface area contributed by atoms with Crippen LogP contribution in [0.4, 0.5) is 4.39 Å². The normalized spacial score (nSPS) is 20.1. The van der Waals surface area contributed by atoms with Crippen LogP contribution in [0.1, 0.15) is 109 Å². The molecule has 0 aliphatic heterocycles. The molecule has 0 saturated heterocycles. The minimum atomic E-state index is -0.942. The molecule has 1 aromatic carbocycles. The van der Waals surface area contributed by atoms with Gasteiger partial charge in [0.15, 0.2) is 0 Å².